The lowest BCUT2D eigenvalue weighted by atomic mass is 10.1. The Bertz CT molecular complexity index is 1050. The topological polar surface area (TPSA) is 43.1 Å². The lowest BCUT2D eigenvalue weighted by molar-refractivity contribution is 0.846. The molecule has 25 heavy (non-hydrogen) atoms. The van der Waals surface area contributed by atoms with Crippen molar-refractivity contribution in [3.63, 3.8) is 0 Å². The summed E-state index contributed by atoms with van der Waals surface area (Å²) in [6.07, 6.45) is 4.72. The first-order valence-corrected chi connectivity index (χ1v) is 9.08. The minimum absolute atomic E-state index is 0.720. The second kappa shape index (κ2) is 6.78. The summed E-state index contributed by atoms with van der Waals surface area (Å²) in [5, 5.41) is 14.8. The zero-order chi connectivity index (χ0) is 17.2. The Morgan fingerprint density at radius 1 is 1.04 bits per heavy atom. The summed E-state index contributed by atoms with van der Waals surface area (Å²) < 4.78 is 1.83. The van der Waals surface area contributed by atoms with E-state index in [0.717, 1.165) is 32.8 Å². The molecule has 0 N–H and O–H groups in total. The van der Waals surface area contributed by atoms with E-state index in [2.05, 4.69) is 34.4 Å². The summed E-state index contributed by atoms with van der Waals surface area (Å²) in [5.74, 6) is 0.853. The first-order chi connectivity index (χ1) is 12.2. The van der Waals surface area contributed by atoms with E-state index in [-0.39, 0.29) is 0 Å². The number of nitrogens with zero attached hydrogens (tertiary/aromatic N) is 4. The van der Waals surface area contributed by atoms with Gasteiger partial charge in [0.1, 0.15) is 5.01 Å². The third-order valence-electron chi connectivity index (χ3n) is 3.97. The van der Waals surface area contributed by atoms with Crippen molar-refractivity contribution < 1.29 is 0 Å². The molecule has 2 aromatic heterocycles. The summed E-state index contributed by atoms with van der Waals surface area (Å²) in [6.45, 7) is 2.11. The molecule has 124 valence electrons. The highest BCUT2D eigenvalue weighted by atomic mass is 35.5. The molecule has 0 amide bonds. The molecule has 2 heterocycles. The molecule has 6 heteroatoms. The van der Waals surface area contributed by atoms with Crippen LogP contribution < -0.4 is 0 Å². The average molecular weight is 367 g/mol. The van der Waals surface area contributed by atoms with E-state index in [0.29, 0.717) is 0 Å². The Kier molecular flexibility index (Phi) is 4.34. The van der Waals surface area contributed by atoms with Crippen LogP contribution in [0.3, 0.4) is 0 Å². The molecule has 0 spiro atoms. The van der Waals surface area contributed by atoms with E-state index in [1.165, 1.54) is 22.5 Å². The fraction of sp³-hybridized carbons (Fsp3) is 0.105. The quantitative estimate of drug-likeness (QED) is 0.515. The maximum Gasteiger partial charge on any atom is 0.234 e. The summed E-state index contributed by atoms with van der Waals surface area (Å²) in [4.78, 5) is 0.805. The molecule has 0 radical (unpaired) electrons. The van der Waals surface area contributed by atoms with Crippen molar-refractivity contribution in [2.24, 2.45) is 0 Å². The number of benzene rings is 2. The Morgan fingerprint density at radius 3 is 2.64 bits per heavy atom. The SMILES string of the molecule is Cc1ccccc1Cc1nnc2sc(C=Cc3ccc(Cl)cc3)nn12. The lowest BCUT2D eigenvalue weighted by Crippen LogP contribution is -1.99. The normalized spacial score (nSPS) is 11.6. The Morgan fingerprint density at radius 2 is 1.84 bits per heavy atom. The van der Waals surface area contributed by atoms with Gasteiger partial charge in [0, 0.05) is 11.4 Å². The predicted molar refractivity (Wildman–Crippen MR) is 103 cm³/mol. The summed E-state index contributed by atoms with van der Waals surface area (Å²) in [7, 11) is 0. The molecule has 2 aromatic carbocycles. The van der Waals surface area contributed by atoms with E-state index < -0.39 is 0 Å². The lowest BCUT2D eigenvalue weighted by Gasteiger charge is -2.02. The van der Waals surface area contributed by atoms with Gasteiger partial charge in [-0.15, -0.1) is 10.2 Å². The number of aromatic nitrogens is 4. The molecule has 0 aliphatic carbocycles. The van der Waals surface area contributed by atoms with Crippen LogP contribution in [0.25, 0.3) is 17.1 Å². The largest absolute Gasteiger partial charge is 0.234 e. The molecule has 0 aliphatic rings. The van der Waals surface area contributed by atoms with Crippen LogP contribution in [-0.2, 0) is 6.42 Å². The number of hydrogen-bond donors (Lipinski definition) is 0. The number of rotatable bonds is 4. The second-order valence-corrected chi connectivity index (χ2v) is 7.16. The second-order valence-electron chi connectivity index (χ2n) is 5.74. The van der Waals surface area contributed by atoms with Crippen LogP contribution in [0.2, 0.25) is 5.02 Å². The van der Waals surface area contributed by atoms with Gasteiger partial charge in [-0.3, -0.25) is 0 Å². The van der Waals surface area contributed by atoms with Crippen LogP contribution in [0.5, 0.6) is 0 Å². The highest BCUT2D eigenvalue weighted by molar-refractivity contribution is 7.17. The van der Waals surface area contributed by atoms with E-state index in [1.54, 1.807) is 0 Å². The minimum Gasteiger partial charge on any atom is -0.187 e. The molecule has 0 saturated heterocycles. The molecule has 0 saturated carbocycles. The molecule has 4 nitrogen and oxygen atoms in total. The molecule has 4 aromatic rings. The van der Waals surface area contributed by atoms with Crippen molar-refractivity contribution in [1.29, 1.82) is 0 Å². The van der Waals surface area contributed by atoms with Crippen LogP contribution in [0.4, 0.5) is 0 Å². The summed E-state index contributed by atoms with van der Waals surface area (Å²) in [6, 6.07) is 16.0. The molecular weight excluding hydrogens is 352 g/mol. The number of aryl methyl sites for hydroxylation is 1. The van der Waals surface area contributed by atoms with Crippen LogP contribution >= 0.6 is 22.9 Å². The Balaban J connectivity index is 1.60. The standard InChI is InChI=1S/C19H15ClN4S/c1-13-4-2-3-5-15(13)12-17-21-22-19-24(17)23-18(25-19)11-8-14-6-9-16(20)10-7-14/h2-11H,12H2,1H3. The summed E-state index contributed by atoms with van der Waals surface area (Å²) >= 11 is 7.43. The number of hydrogen-bond acceptors (Lipinski definition) is 4. The van der Waals surface area contributed by atoms with Gasteiger partial charge in [0.15, 0.2) is 5.82 Å². The highest BCUT2D eigenvalue weighted by Crippen LogP contribution is 2.19. The van der Waals surface area contributed by atoms with Crippen molar-refractivity contribution >= 4 is 40.1 Å². The maximum absolute atomic E-state index is 5.91. The van der Waals surface area contributed by atoms with Crippen molar-refractivity contribution in [3.05, 3.63) is 81.1 Å². The van der Waals surface area contributed by atoms with Gasteiger partial charge in [0.25, 0.3) is 0 Å². The van der Waals surface area contributed by atoms with Crippen LogP contribution in [0.1, 0.15) is 27.5 Å². The third-order valence-corrected chi connectivity index (χ3v) is 5.09. The highest BCUT2D eigenvalue weighted by Gasteiger charge is 2.11. The van der Waals surface area contributed by atoms with Gasteiger partial charge in [-0.2, -0.15) is 9.61 Å². The minimum atomic E-state index is 0.720. The van der Waals surface area contributed by atoms with Crippen molar-refractivity contribution in [3.8, 4) is 0 Å². The van der Waals surface area contributed by atoms with Gasteiger partial charge >= 0.3 is 0 Å². The smallest absolute Gasteiger partial charge is 0.187 e. The van der Waals surface area contributed by atoms with Crippen molar-refractivity contribution in [2.75, 3.05) is 0 Å². The fourth-order valence-electron chi connectivity index (χ4n) is 2.57. The molecule has 4 rings (SSSR count). The molecular formula is C19H15ClN4S. The fourth-order valence-corrected chi connectivity index (χ4v) is 3.46. The van der Waals surface area contributed by atoms with Crippen LogP contribution in [-0.4, -0.2) is 19.8 Å². The number of halogens is 1. The zero-order valence-electron chi connectivity index (χ0n) is 13.6. The molecule has 0 atom stereocenters. The first kappa shape index (κ1) is 16.0. The Hall–Kier alpha value is -2.50. The van der Waals surface area contributed by atoms with Gasteiger partial charge < -0.3 is 0 Å². The van der Waals surface area contributed by atoms with E-state index >= 15 is 0 Å². The first-order valence-electron chi connectivity index (χ1n) is 7.88. The Labute approximate surface area is 154 Å². The third kappa shape index (κ3) is 3.48. The van der Waals surface area contributed by atoms with Crippen molar-refractivity contribution in [1.82, 2.24) is 19.8 Å². The average Bonchev–Trinajstić information content (AvgIpc) is 3.18. The molecule has 0 fully saturated rings. The van der Waals surface area contributed by atoms with Gasteiger partial charge in [-0.1, -0.05) is 65.4 Å². The van der Waals surface area contributed by atoms with Gasteiger partial charge in [-0.05, 0) is 41.8 Å². The van der Waals surface area contributed by atoms with Gasteiger partial charge in [-0.25, -0.2) is 0 Å². The number of fused-ring (bicyclic) bond motifs is 1. The van der Waals surface area contributed by atoms with E-state index in [9.17, 15) is 0 Å². The van der Waals surface area contributed by atoms with Gasteiger partial charge in [0.2, 0.25) is 4.96 Å². The van der Waals surface area contributed by atoms with Crippen molar-refractivity contribution in [2.45, 2.75) is 13.3 Å². The van der Waals surface area contributed by atoms with E-state index in [1.807, 2.05) is 53.1 Å². The van der Waals surface area contributed by atoms with Crippen LogP contribution in [0.15, 0.2) is 48.5 Å². The molecule has 0 bridgehead atoms. The van der Waals surface area contributed by atoms with E-state index in [4.69, 9.17) is 11.6 Å². The zero-order valence-corrected chi connectivity index (χ0v) is 15.1. The van der Waals surface area contributed by atoms with Gasteiger partial charge in [0.05, 0.1) is 0 Å². The predicted octanol–water partition coefficient (Wildman–Crippen LogP) is 4.91. The molecule has 0 unspecified atom stereocenters. The molecule has 0 aliphatic heterocycles. The monoisotopic (exact) mass is 366 g/mol. The maximum atomic E-state index is 5.91. The summed E-state index contributed by atoms with van der Waals surface area (Å²) in [5.41, 5.74) is 3.57. The van der Waals surface area contributed by atoms with Crippen LogP contribution in [0, 0.1) is 6.92 Å².